The average molecular weight is 468 g/mol. The highest BCUT2D eigenvalue weighted by Crippen LogP contribution is 2.31. The third-order valence-corrected chi connectivity index (χ3v) is 7.25. The summed E-state index contributed by atoms with van der Waals surface area (Å²) in [6.45, 7) is 6.86. The van der Waals surface area contributed by atoms with E-state index in [2.05, 4.69) is 23.2 Å². The van der Waals surface area contributed by atoms with E-state index in [9.17, 15) is 19.5 Å². The molecule has 0 amide bonds. The molecule has 4 aromatic rings. The number of aromatic nitrogens is 5. The predicted octanol–water partition coefficient (Wildman–Crippen LogP) is 2.74. The molecule has 0 aliphatic heterocycles. The summed E-state index contributed by atoms with van der Waals surface area (Å²) in [7, 11) is 0. The molecule has 3 aromatic heterocycles. The first-order valence-corrected chi connectivity index (χ1v) is 11.5. The van der Waals surface area contributed by atoms with Gasteiger partial charge in [-0.15, -0.1) is 4.80 Å². The SMILES string of the molecule is CCc1ccccc1CCn1c(=O)n(C(C)(C)C(=O)O)c(=O)c2c(C)c(-n3nccn3)sc21. The summed E-state index contributed by atoms with van der Waals surface area (Å²) in [4.78, 5) is 40.9. The van der Waals surface area contributed by atoms with Crippen LogP contribution in [0.1, 0.15) is 37.5 Å². The van der Waals surface area contributed by atoms with Crippen LogP contribution in [0.15, 0.2) is 46.2 Å². The Morgan fingerprint density at radius 1 is 1.12 bits per heavy atom. The summed E-state index contributed by atoms with van der Waals surface area (Å²) in [5.74, 6) is -1.26. The molecule has 0 spiro atoms. The van der Waals surface area contributed by atoms with E-state index in [1.165, 1.54) is 52.5 Å². The number of nitrogens with zero attached hydrogens (tertiary/aromatic N) is 5. The fraction of sp³-hybridized carbons (Fsp3) is 0.348. The highest BCUT2D eigenvalue weighted by molar-refractivity contribution is 7.21. The molecule has 0 saturated carbocycles. The summed E-state index contributed by atoms with van der Waals surface area (Å²) < 4.78 is 2.36. The Bertz CT molecular complexity index is 1460. The molecule has 9 nitrogen and oxygen atoms in total. The first kappa shape index (κ1) is 22.7. The summed E-state index contributed by atoms with van der Waals surface area (Å²) in [6, 6.07) is 8.02. The van der Waals surface area contributed by atoms with Gasteiger partial charge in [0.05, 0.1) is 17.8 Å². The minimum absolute atomic E-state index is 0.300. The van der Waals surface area contributed by atoms with Gasteiger partial charge in [-0.25, -0.2) is 14.2 Å². The smallest absolute Gasteiger partial charge is 0.333 e. The second kappa shape index (κ2) is 8.43. The van der Waals surface area contributed by atoms with Crippen molar-refractivity contribution in [2.45, 2.75) is 52.6 Å². The number of aryl methyl sites for hydroxylation is 4. The Hall–Kier alpha value is -3.53. The summed E-state index contributed by atoms with van der Waals surface area (Å²) >= 11 is 1.25. The fourth-order valence-electron chi connectivity index (χ4n) is 4.01. The first-order chi connectivity index (χ1) is 15.7. The van der Waals surface area contributed by atoms with Gasteiger partial charge < -0.3 is 5.11 Å². The number of carboxylic acid groups (broad SMARTS) is 1. The van der Waals surface area contributed by atoms with Crippen molar-refractivity contribution >= 4 is 27.5 Å². The molecule has 0 atom stereocenters. The normalized spacial score (nSPS) is 11.9. The zero-order valence-electron chi connectivity index (χ0n) is 18.9. The van der Waals surface area contributed by atoms with Crippen LogP contribution in [0.4, 0.5) is 0 Å². The third-order valence-electron chi connectivity index (χ3n) is 5.97. The maximum absolute atomic E-state index is 13.6. The maximum atomic E-state index is 13.6. The van der Waals surface area contributed by atoms with Crippen molar-refractivity contribution < 1.29 is 9.90 Å². The predicted molar refractivity (Wildman–Crippen MR) is 126 cm³/mol. The summed E-state index contributed by atoms with van der Waals surface area (Å²) in [5, 5.41) is 19.0. The largest absolute Gasteiger partial charge is 0.480 e. The van der Waals surface area contributed by atoms with Crippen LogP contribution in [0.5, 0.6) is 0 Å². The van der Waals surface area contributed by atoms with Crippen LogP contribution in [0.2, 0.25) is 0 Å². The Balaban J connectivity index is 1.99. The number of fused-ring (bicyclic) bond motifs is 1. The highest BCUT2D eigenvalue weighted by atomic mass is 32.1. The molecule has 0 aliphatic carbocycles. The van der Waals surface area contributed by atoms with E-state index >= 15 is 0 Å². The molecule has 172 valence electrons. The number of hydrogen-bond donors (Lipinski definition) is 1. The van der Waals surface area contributed by atoms with E-state index in [-0.39, 0.29) is 0 Å². The second-order valence-corrected chi connectivity index (χ2v) is 9.32. The molecule has 1 aromatic carbocycles. The fourth-order valence-corrected chi connectivity index (χ4v) is 5.25. The lowest BCUT2D eigenvalue weighted by Gasteiger charge is -2.23. The van der Waals surface area contributed by atoms with E-state index in [0.29, 0.717) is 33.7 Å². The Morgan fingerprint density at radius 2 is 1.76 bits per heavy atom. The van der Waals surface area contributed by atoms with Gasteiger partial charge in [0, 0.05) is 12.1 Å². The van der Waals surface area contributed by atoms with Gasteiger partial charge in [0.1, 0.15) is 15.4 Å². The lowest BCUT2D eigenvalue weighted by molar-refractivity contribution is -0.146. The van der Waals surface area contributed by atoms with Crippen molar-refractivity contribution in [3.63, 3.8) is 0 Å². The van der Waals surface area contributed by atoms with Gasteiger partial charge in [0.15, 0.2) is 0 Å². The van der Waals surface area contributed by atoms with Gasteiger partial charge in [-0.3, -0.25) is 9.36 Å². The van der Waals surface area contributed by atoms with Crippen molar-refractivity contribution in [3.8, 4) is 5.00 Å². The number of thiophene rings is 1. The van der Waals surface area contributed by atoms with E-state index in [1.807, 2.05) is 18.2 Å². The lowest BCUT2D eigenvalue weighted by atomic mass is 10.0. The van der Waals surface area contributed by atoms with Crippen LogP contribution in [-0.4, -0.2) is 35.2 Å². The van der Waals surface area contributed by atoms with Crippen molar-refractivity contribution in [2.75, 3.05) is 0 Å². The van der Waals surface area contributed by atoms with Gasteiger partial charge in [0.2, 0.25) is 0 Å². The Labute approximate surface area is 193 Å². The number of benzene rings is 1. The van der Waals surface area contributed by atoms with Crippen LogP contribution in [-0.2, 0) is 29.7 Å². The number of hydrogen-bond acceptors (Lipinski definition) is 6. The zero-order valence-corrected chi connectivity index (χ0v) is 19.7. The Kier molecular flexibility index (Phi) is 5.79. The second-order valence-electron chi connectivity index (χ2n) is 8.34. The topological polar surface area (TPSA) is 112 Å². The molecule has 0 radical (unpaired) electrons. The molecule has 0 bridgehead atoms. The van der Waals surface area contributed by atoms with Crippen LogP contribution in [0, 0.1) is 6.92 Å². The quantitative estimate of drug-likeness (QED) is 0.447. The first-order valence-electron chi connectivity index (χ1n) is 10.6. The molecule has 0 aliphatic rings. The zero-order chi connectivity index (χ0) is 23.9. The van der Waals surface area contributed by atoms with Gasteiger partial charge in [-0.05, 0) is 44.7 Å². The minimum Gasteiger partial charge on any atom is -0.480 e. The van der Waals surface area contributed by atoms with E-state index in [4.69, 9.17) is 0 Å². The Morgan fingerprint density at radius 3 is 2.36 bits per heavy atom. The minimum atomic E-state index is -1.72. The number of carboxylic acids is 1. The maximum Gasteiger partial charge on any atom is 0.333 e. The molecule has 0 saturated heterocycles. The van der Waals surface area contributed by atoms with Crippen molar-refractivity contribution in [1.29, 1.82) is 0 Å². The van der Waals surface area contributed by atoms with E-state index in [0.717, 1.165) is 16.6 Å². The standard InChI is InChI=1S/C23H25N5O4S/c1-5-15-8-6-7-9-16(15)10-13-26-20-17(14(2)19(33-20)28-24-11-12-25-28)18(29)27(22(26)32)23(3,4)21(30)31/h6-9,11-12H,5,10,13H2,1-4H3,(H,30,31). The van der Waals surface area contributed by atoms with Crippen molar-refractivity contribution in [3.05, 3.63) is 74.2 Å². The van der Waals surface area contributed by atoms with Gasteiger partial charge in [0.25, 0.3) is 5.56 Å². The molecule has 3 heterocycles. The van der Waals surface area contributed by atoms with Crippen LogP contribution >= 0.6 is 11.3 Å². The van der Waals surface area contributed by atoms with Crippen molar-refractivity contribution in [2.24, 2.45) is 0 Å². The van der Waals surface area contributed by atoms with Crippen LogP contribution in [0.3, 0.4) is 0 Å². The summed E-state index contributed by atoms with van der Waals surface area (Å²) in [5.41, 5.74) is -0.0878. The molecule has 0 fully saturated rings. The number of rotatable bonds is 7. The van der Waals surface area contributed by atoms with E-state index in [1.54, 1.807) is 6.92 Å². The van der Waals surface area contributed by atoms with Crippen molar-refractivity contribution in [1.82, 2.24) is 24.1 Å². The molecule has 4 rings (SSSR count). The van der Waals surface area contributed by atoms with Crippen LogP contribution in [0.25, 0.3) is 15.2 Å². The molecule has 1 N–H and O–H groups in total. The molecular formula is C23H25N5O4S. The number of carbonyl (C=O) groups is 1. The molecule has 10 heteroatoms. The molecule has 33 heavy (non-hydrogen) atoms. The average Bonchev–Trinajstić information content (AvgIpc) is 3.41. The van der Waals surface area contributed by atoms with E-state index < -0.39 is 22.8 Å². The van der Waals surface area contributed by atoms with Gasteiger partial charge in [-0.1, -0.05) is 42.5 Å². The summed E-state index contributed by atoms with van der Waals surface area (Å²) in [6.07, 6.45) is 4.49. The lowest BCUT2D eigenvalue weighted by Crippen LogP contribution is -2.52. The molecule has 0 unspecified atom stereocenters. The monoisotopic (exact) mass is 467 g/mol. The van der Waals surface area contributed by atoms with Gasteiger partial charge in [-0.2, -0.15) is 10.2 Å². The number of aliphatic carboxylic acids is 1. The van der Waals surface area contributed by atoms with Gasteiger partial charge >= 0.3 is 11.7 Å². The highest BCUT2D eigenvalue weighted by Gasteiger charge is 2.35. The van der Waals surface area contributed by atoms with Crippen LogP contribution < -0.4 is 11.2 Å². The third kappa shape index (κ3) is 3.70. The molecular weight excluding hydrogens is 442 g/mol.